The van der Waals surface area contributed by atoms with Crippen molar-refractivity contribution in [1.29, 1.82) is 0 Å². The van der Waals surface area contributed by atoms with Gasteiger partial charge in [0.05, 0.1) is 0 Å². The van der Waals surface area contributed by atoms with Gasteiger partial charge in [0.25, 0.3) is 0 Å². The quantitative estimate of drug-likeness (QED) is 0.504. The van der Waals surface area contributed by atoms with Gasteiger partial charge in [-0.1, -0.05) is 19.8 Å². The van der Waals surface area contributed by atoms with Crippen LogP contribution in [0.4, 0.5) is 0 Å². The van der Waals surface area contributed by atoms with Gasteiger partial charge in [0.15, 0.2) is 0 Å². The van der Waals surface area contributed by atoms with Crippen LogP contribution < -0.4 is 0 Å². The van der Waals surface area contributed by atoms with Crippen LogP contribution in [-0.4, -0.2) is 0 Å². The molecule has 0 saturated heterocycles. The first-order valence-corrected chi connectivity index (χ1v) is 4.37. The van der Waals surface area contributed by atoms with Crippen LogP contribution in [0.25, 0.3) is 0 Å². The van der Waals surface area contributed by atoms with E-state index in [2.05, 4.69) is 6.92 Å². The monoisotopic (exact) mass is 124 g/mol. The summed E-state index contributed by atoms with van der Waals surface area (Å²) in [4.78, 5) is 0. The van der Waals surface area contributed by atoms with Crippen molar-refractivity contribution in [3.63, 3.8) is 0 Å². The molecule has 0 aromatic rings. The molecule has 2 aliphatic rings. The number of hydrogen-bond donors (Lipinski definition) is 0. The van der Waals surface area contributed by atoms with Gasteiger partial charge in [-0.05, 0) is 37.0 Å². The zero-order valence-corrected chi connectivity index (χ0v) is 6.32. The van der Waals surface area contributed by atoms with Gasteiger partial charge in [-0.3, -0.25) is 0 Å². The maximum absolute atomic E-state index is 2.36. The summed E-state index contributed by atoms with van der Waals surface area (Å²) >= 11 is 0. The van der Waals surface area contributed by atoms with E-state index in [1.165, 1.54) is 19.3 Å². The van der Waals surface area contributed by atoms with Gasteiger partial charge in [0, 0.05) is 0 Å². The van der Waals surface area contributed by atoms with Gasteiger partial charge in [-0.25, -0.2) is 0 Å². The SMILES string of the molecule is CCC1CCCC12CC2. The molecule has 2 fully saturated rings. The topological polar surface area (TPSA) is 0 Å². The maximum atomic E-state index is 2.36. The fraction of sp³-hybridized carbons (Fsp3) is 1.00. The lowest BCUT2D eigenvalue weighted by Crippen LogP contribution is -2.05. The van der Waals surface area contributed by atoms with Crippen LogP contribution in [-0.2, 0) is 0 Å². The average molecular weight is 124 g/mol. The second-order valence-corrected chi connectivity index (χ2v) is 3.86. The lowest BCUT2D eigenvalue weighted by Gasteiger charge is -2.14. The Labute approximate surface area is 57.6 Å². The molecular formula is C9H16. The van der Waals surface area contributed by atoms with E-state index in [4.69, 9.17) is 0 Å². The summed E-state index contributed by atoms with van der Waals surface area (Å²) in [5.74, 6) is 1.12. The maximum Gasteiger partial charge on any atom is -0.0269 e. The summed E-state index contributed by atoms with van der Waals surface area (Å²) < 4.78 is 0. The molecule has 0 heteroatoms. The zero-order chi connectivity index (χ0) is 6.32. The van der Waals surface area contributed by atoms with Gasteiger partial charge >= 0.3 is 0 Å². The first-order valence-electron chi connectivity index (χ1n) is 4.37. The average Bonchev–Trinajstić information content (AvgIpc) is 2.45. The molecule has 0 bridgehead atoms. The van der Waals surface area contributed by atoms with Crippen LogP contribution in [0.15, 0.2) is 0 Å². The number of hydrogen-bond acceptors (Lipinski definition) is 0. The van der Waals surface area contributed by atoms with E-state index < -0.39 is 0 Å². The lowest BCUT2D eigenvalue weighted by atomic mass is 9.91. The molecule has 0 aromatic carbocycles. The Morgan fingerprint density at radius 3 is 2.56 bits per heavy atom. The van der Waals surface area contributed by atoms with Crippen LogP contribution in [0.3, 0.4) is 0 Å². The molecule has 0 amide bonds. The molecular weight excluding hydrogens is 108 g/mol. The van der Waals surface area contributed by atoms with Crippen molar-refractivity contribution in [2.45, 2.75) is 45.4 Å². The second-order valence-electron chi connectivity index (χ2n) is 3.86. The first-order chi connectivity index (χ1) is 4.37. The highest BCUT2D eigenvalue weighted by Crippen LogP contribution is 2.62. The Morgan fingerprint density at radius 1 is 1.33 bits per heavy atom. The Bertz CT molecular complexity index is 111. The zero-order valence-electron chi connectivity index (χ0n) is 6.32. The Morgan fingerprint density at radius 2 is 2.11 bits per heavy atom. The third kappa shape index (κ3) is 0.720. The predicted octanol–water partition coefficient (Wildman–Crippen LogP) is 2.98. The molecule has 0 heterocycles. The Hall–Kier alpha value is 0. The summed E-state index contributed by atoms with van der Waals surface area (Å²) in [6.45, 7) is 2.36. The molecule has 2 aliphatic carbocycles. The Balaban J connectivity index is 2.05. The standard InChI is InChI=1S/C9H16/c1-2-8-4-3-5-9(8)6-7-9/h8H,2-7H2,1H3. The minimum Gasteiger partial charge on any atom is -0.0651 e. The van der Waals surface area contributed by atoms with Gasteiger partial charge in [-0.15, -0.1) is 0 Å². The Kier molecular flexibility index (Phi) is 1.12. The molecule has 2 rings (SSSR count). The summed E-state index contributed by atoms with van der Waals surface area (Å²) in [7, 11) is 0. The van der Waals surface area contributed by atoms with Crippen LogP contribution in [0, 0.1) is 11.3 Å². The number of rotatable bonds is 1. The first kappa shape index (κ1) is 5.76. The normalized spacial score (nSPS) is 37.7. The fourth-order valence-corrected chi connectivity index (χ4v) is 2.67. The summed E-state index contributed by atoms with van der Waals surface area (Å²) in [6, 6.07) is 0. The van der Waals surface area contributed by atoms with Crippen molar-refractivity contribution in [3.05, 3.63) is 0 Å². The molecule has 0 nitrogen and oxygen atoms in total. The smallest absolute Gasteiger partial charge is 0.0269 e. The van der Waals surface area contributed by atoms with Crippen molar-refractivity contribution in [3.8, 4) is 0 Å². The van der Waals surface area contributed by atoms with E-state index in [9.17, 15) is 0 Å². The molecule has 1 spiro atoms. The molecule has 1 unspecified atom stereocenters. The fourth-order valence-electron chi connectivity index (χ4n) is 2.67. The second kappa shape index (κ2) is 1.74. The molecule has 0 N–H and O–H groups in total. The molecule has 1 atom stereocenters. The summed E-state index contributed by atoms with van der Waals surface area (Å²) in [5, 5.41) is 0. The minimum absolute atomic E-state index is 0.911. The van der Waals surface area contributed by atoms with Crippen molar-refractivity contribution in [2.24, 2.45) is 11.3 Å². The third-order valence-electron chi connectivity index (χ3n) is 3.48. The van der Waals surface area contributed by atoms with Crippen molar-refractivity contribution < 1.29 is 0 Å². The highest BCUT2D eigenvalue weighted by Gasteiger charge is 2.50. The molecule has 0 aliphatic heterocycles. The van der Waals surface area contributed by atoms with Gasteiger partial charge < -0.3 is 0 Å². The third-order valence-corrected chi connectivity index (χ3v) is 3.48. The largest absolute Gasteiger partial charge is 0.0651 e. The van der Waals surface area contributed by atoms with E-state index in [1.807, 2.05) is 0 Å². The van der Waals surface area contributed by atoms with Crippen LogP contribution in [0.5, 0.6) is 0 Å². The van der Waals surface area contributed by atoms with Gasteiger partial charge in [-0.2, -0.15) is 0 Å². The van der Waals surface area contributed by atoms with Crippen LogP contribution in [0.2, 0.25) is 0 Å². The van der Waals surface area contributed by atoms with Crippen molar-refractivity contribution >= 4 is 0 Å². The molecule has 0 aromatic heterocycles. The van der Waals surface area contributed by atoms with E-state index in [0.717, 1.165) is 11.3 Å². The highest BCUT2D eigenvalue weighted by atomic mass is 14.6. The summed E-state index contributed by atoms with van der Waals surface area (Å²) in [6.07, 6.45) is 9.19. The molecule has 0 radical (unpaired) electrons. The molecule has 9 heavy (non-hydrogen) atoms. The van der Waals surface area contributed by atoms with Crippen LogP contribution in [0.1, 0.15) is 45.4 Å². The van der Waals surface area contributed by atoms with Crippen molar-refractivity contribution in [2.75, 3.05) is 0 Å². The minimum atomic E-state index is 0.911. The summed E-state index contributed by atoms with van der Waals surface area (Å²) in [5.41, 5.74) is 0.911. The molecule has 2 saturated carbocycles. The lowest BCUT2D eigenvalue weighted by molar-refractivity contribution is 0.354. The van der Waals surface area contributed by atoms with Crippen molar-refractivity contribution in [1.82, 2.24) is 0 Å². The predicted molar refractivity (Wildman–Crippen MR) is 39.3 cm³/mol. The van der Waals surface area contributed by atoms with E-state index >= 15 is 0 Å². The van der Waals surface area contributed by atoms with E-state index in [0.29, 0.717) is 0 Å². The van der Waals surface area contributed by atoms with Gasteiger partial charge in [0.2, 0.25) is 0 Å². The van der Waals surface area contributed by atoms with E-state index in [1.54, 1.807) is 19.3 Å². The van der Waals surface area contributed by atoms with Crippen LogP contribution >= 0.6 is 0 Å². The molecule has 52 valence electrons. The van der Waals surface area contributed by atoms with Gasteiger partial charge in [0.1, 0.15) is 0 Å². The van der Waals surface area contributed by atoms with E-state index in [-0.39, 0.29) is 0 Å². The highest BCUT2D eigenvalue weighted by molar-refractivity contribution is 5.01.